The predicted molar refractivity (Wildman–Crippen MR) is 290 cm³/mol. The van der Waals surface area contributed by atoms with Crippen molar-refractivity contribution in [1.82, 2.24) is 45.4 Å². The number of aromatic nitrogens is 6. The van der Waals surface area contributed by atoms with Crippen LogP contribution in [0.1, 0.15) is 94.7 Å². The van der Waals surface area contributed by atoms with Gasteiger partial charge in [-0.2, -0.15) is 0 Å². The van der Waals surface area contributed by atoms with Crippen LogP contribution in [0.3, 0.4) is 0 Å². The SMILES string of the molecule is Cc1ncsc1-c1cc(F)c([C@H](C)NC(=O)[C@@H]2C[C@@H](O)CN2C(=O)[C@H](c2cc(OCCN3CCC(OC4CC(Oc5cc(N6C7CCC6CN(c6cc(-c8ccccc8O)nnc6N)C7)ccn5)C4)CC3)no2)C(C)C)cn1. The Morgan fingerprint density at radius 2 is 1.69 bits per heavy atom. The van der Waals surface area contributed by atoms with Crippen molar-refractivity contribution >= 4 is 40.3 Å². The van der Waals surface area contributed by atoms with Crippen molar-refractivity contribution in [1.29, 1.82) is 0 Å². The van der Waals surface area contributed by atoms with Gasteiger partial charge < -0.3 is 54.7 Å². The Balaban J connectivity index is 0.604. The second kappa shape index (κ2) is 22.8. The molecular formula is C56H67FN12O8S. The molecule has 1 aliphatic carbocycles. The van der Waals surface area contributed by atoms with Gasteiger partial charge in [0.05, 0.1) is 57.5 Å². The van der Waals surface area contributed by atoms with Gasteiger partial charge in [-0.15, -0.1) is 21.5 Å². The number of benzene rings is 1. The number of halogens is 1. The van der Waals surface area contributed by atoms with Crippen molar-refractivity contribution in [2.75, 3.05) is 61.4 Å². The van der Waals surface area contributed by atoms with E-state index in [4.69, 9.17) is 24.5 Å². The highest BCUT2D eigenvalue weighted by atomic mass is 32.1. The first-order valence-electron chi connectivity index (χ1n) is 27.1. The van der Waals surface area contributed by atoms with E-state index >= 15 is 4.39 Å². The Hall–Kier alpha value is -7.01. The molecule has 9 heterocycles. The molecule has 2 bridgehead atoms. The summed E-state index contributed by atoms with van der Waals surface area (Å²) in [6.07, 6.45) is 8.30. The number of pyridine rings is 2. The number of aliphatic hydroxyl groups is 1. The van der Waals surface area contributed by atoms with Gasteiger partial charge in [0.15, 0.2) is 11.6 Å². The smallest absolute Gasteiger partial charge is 0.254 e. The number of aryl methyl sites for hydroxylation is 1. The van der Waals surface area contributed by atoms with Gasteiger partial charge in [-0.3, -0.25) is 19.5 Å². The van der Waals surface area contributed by atoms with Crippen LogP contribution in [-0.4, -0.2) is 151 Å². The van der Waals surface area contributed by atoms with Crippen molar-refractivity contribution in [3.05, 3.63) is 95.3 Å². The molecule has 78 heavy (non-hydrogen) atoms. The molecule has 5 aromatic heterocycles. The lowest BCUT2D eigenvalue weighted by molar-refractivity contribution is -0.141. The summed E-state index contributed by atoms with van der Waals surface area (Å²) in [4.78, 5) is 50.5. The van der Waals surface area contributed by atoms with Gasteiger partial charge in [-0.05, 0) is 74.9 Å². The van der Waals surface area contributed by atoms with Crippen LogP contribution in [0.4, 0.5) is 21.6 Å². The number of piperidine rings is 1. The Morgan fingerprint density at radius 1 is 0.910 bits per heavy atom. The van der Waals surface area contributed by atoms with Crippen molar-refractivity contribution < 1.29 is 42.9 Å². The number of piperazine rings is 1. The van der Waals surface area contributed by atoms with Crippen LogP contribution in [-0.2, 0) is 14.3 Å². The van der Waals surface area contributed by atoms with Crippen LogP contribution >= 0.6 is 11.3 Å². The number of nitrogens with two attached hydrogens (primary N) is 1. The third-order valence-electron chi connectivity index (χ3n) is 16.0. The molecule has 0 radical (unpaired) electrons. The summed E-state index contributed by atoms with van der Waals surface area (Å²) in [5.41, 5.74) is 12.6. The molecule has 5 aliphatic rings. The van der Waals surface area contributed by atoms with Gasteiger partial charge in [0, 0.05) is 118 Å². The summed E-state index contributed by atoms with van der Waals surface area (Å²) in [5, 5.41) is 36.7. The Morgan fingerprint density at radius 3 is 2.42 bits per heavy atom. The molecule has 11 rings (SSSR count). The molecule has 1 saturated carbocycles. The number of likely N-dealkylation sites (tertiary alicyclic amines) is 2. The van der Waals surface area contributed by atoms with Gasteiger partial charge in [0.2, 0.25) is 17.7 Å². The van der Waals surface area contributed by atoms with Gasteiger partial charge >= 0.3 is 0 Å². The highest BCUT2D eigenvalue weighted by molar-refractivity contribution is 7.13. The molecule has 6 aromatic rings. The topological polar surface area (TPSA) is 244 Å². The fourth-order valence-corrected chi connectivity index (χ4v) is 12.6. The van der Waals surface area contributed by atoms with E-state index in [1.165, 1.54) is 28.5 Å². The fourth-order valence-electron chi connectivity index (χ4n) is 11.9. The number of aliphatic hydroxyl groups excluding tert-OH is 1. The average Bonchev–Trinajstić information content (AvgIpc) is 4.23. The van der Waals surface area contributed by atoms with Crippen molar-refractivity contribution in [3.63, 3.8) is 0 Å². The number of nitrogens with zero attached hydrogens (tertiary/aromatic N) is 10. The summed E-state index contributed by atoms with van der Waals surface area (Å²) in [5.74, 6) is -0.712. The molecule has 4 saturated heterocycles. The van der Waals surface area contributed by atoms with E-state index in [0.717, 1.165) is 86.6 Å². The quantitative estimate of drug-likeness (QED) is 0.0701. The molecule has 5 fully saturated rings. The van der Waals surface area contributed by atoms with E-state index in [9.17, 15) is 19.8 Å². The maximum Gasteiger partial charge on any atom is 0.254 e. The van der Waals surface area contributed by atoms with E-state index in [1.807, 2.05) is 45.2 Å². The zero-order valence-corrected chi connectivity index (χ0v) is 45.1. The van der Waals surface area contributed by atoms with Crippen molar-refractivity contribution in [2.24, 2.45) is 5.92 Å². The van der Waals surface area contributed by atoms with Gasteiger partial charge in [0.1, 0.15) is 36.2 Å². The number of rotatable bonds is 18. The average molecular weight is 1090 g/mol. The van der Waals surface area contributed by atoms with Crippen LogP contribution in [0.2, 0.25) is 0 Å². The third kappa shape index (κ3) is 11.3. The molecular weight excluding hydrogens is 1020 g/mol. The van der Waals surface area contributed by atoms with Gasteiger partial charge in [0.25, 0.3) is 5.88 Å². The monoisotopic (exact) mass is 1090 g/mol. The van der Waals surface area contributed by atoms with E-state index < -0.39 is 35.8 Å². The zero-order chi connectivity index (χ0) is 54.2. The number of amides is 2. The number of nitrogen functional groups attached to an aromatic ring is 1. The van der Waals surface area contributed by atoms with E-state index in [-0.39, 0.29) is 72.4 Å². The number of carbonyl (C=O) groups excluding carboxylic acids is 2. The Kier molecular flexibility index (Phi) is 15.5. The molecule has 20 nitrogen and oxygen atoms in total. The largest absolute Gasteiger partial charge is 0.507 e. The molecule has 5 N–H and O–H groups in total. The first-order valence-corrected chi connectivity index (χ1v) is 28.0. The van der Waals surface area contributed by atoms with Crippen LogP contribution in [0, 0.1) is 18.7 Å². The number of anilines is 3. The lowest BCUT2D eigenvalue weighted by Gasteiger charge is -2.43. The first kappa shape index (κ1) is 53.0. The van der Waals surface area contributed by atoms with Crippen molar-refractivity contribution in [2.45, 2.75) is 127 Å². The summed E-state index contributed by atoms with van der Waals surface area (Å²) in [7, 11) is 0. The third-order valence-corrected chi connectivity index (χ3v) is 17.0. The Labute approximate surface area is 456 Å². The predicted octanol–water partition coefficient (Wildman–Crippen LogP) is 6.69. The normalized spacial score (nSPS) is 23.3. The number of carbonyl (C=O) groups is 2. The molecule has 0 spiro atoms. The number of fused-ring (bicyclic) bond motifs is 2. The second-order valence-corrected chi connectivity index (χ2v) is 22.6. The molecule has 22 heteroatoms. The molecule has 6 atom stereocenters. The number of hydrogen-bond acceptors (Lipinski definition) is 19. The zero-order valence-electron chi connectivity index (χ0n) is 44.3. The summed E-state index contributed by atoms with van der Waals surface area (Å²) in [6, 6.07) is 15.0. The molecule has 4 aliphatic heterocycles. The fraction of sp³-hybridized carbons (Fsp3) is 0.500. The minimum Gasteiger partial charge on any atom is -0.507 e. The molecule has 412 valence electrons. The number of nitrogens with one attached hydrogen (secondary N) is 1. The number of phenolic OH excluding ortho intramolecular Hbond substituents is 1. The van der Waals surface area contributed by atoms with Crippen LogP contribution in [0.25, 0.3) is 21.8 Å². The van der Waals surface area contributed by atoms with Crippen LogP contribution < -0.4 is 30.3 Å². The number of ether oxygens (including phenoxy) is 3. The maximum absolute atomic E-state index is 15.4. The van der Waals surface area contributed by atoms with Crippen LogP contribution in [0.5, 0.6) is 17.5 Å². The maximum atomic E-state index is 15.4. The highest BCUT2D eigenvalue weighted by Gasteiger charge is 2.45. The van der Waals surface area contributed by atoms with E-state index in [1.54, 1.807) is 30.6 Å². The summed E-state index contributed by atoms with van der Waals surface area (Å²) in [6.45, 7) is 11.6. The minimum absolute atomic E-state index is 0.0345. The lowest BCUT2D eigenvalue weighted by Crippen LogP contribution is -2.54. The van der Waals surface area contributed by atoms with E-state index in [0.29, 0.717) is 47.6 Å². The summed E-state index contributed by atoms with van der Waals surface area (Å²) < 4.78 is 40.0. The van der Waals surface area contributed by atoms with Gasteiger partial charge in [-0.1, -0.05) is 26.0 Å². The number of thiazole rings is 1. The second-order valence-electron chi connectivity index (χ2n) is 21.7. The highest BCUT2D eigenvalue weighted by Crippen LogP contribution is 2.41. The molecule has 2 unspecified atom stereocenters. The van der Waals surface area contributed by atoms with Gasteiger partial charge in [-0.25, -0.2) is 14.4 Å². The number of β-amino-alcohol motifs (C(OH)–C–C–N with tert-alkyl or cyclic N) is 1. The van der Waals surface area contributed by atoms with Crippen molar-refractivity contribution in [3.8, 4) is 39.3 Å². The number of phenols is 1. The number of para-hydroxylation sites is 1. The number of aromatic hydroxyl groups is 1. The van der Waals surface area contributed by atoms with Crippen LogP contribution in [0.15, 0.2) is 77.0 Å². The first-order chi connectivity index (χ1) is 37.7. The van der Waals surface area contributed by atoms with E-state index in [2.05, 4.69) is 62.5 Å². The minimum atomic E-state index is -0.977. The lowest BCUT2D eigenvalue weighted by atomic mass is 9.91. The number of hydrogen-bond donors (Lipinski definition) is 4. The molecule has 2 amide bonds. The molecule has 1 aromatic carbocycles. The standard InChI is InChI=1S/C56H67FN12O8S/c1-31(2)52(56(73)68-29-37(70)20-47(68)55(72)62-32(3)42-26-60-45(23-43(42)57)53-33(4)61-30-78-53)49-25-51(65-77-49)74-18-17-66-15-12-38(13-16-66)75-39-21-40(22-39)76-50-19-34(11-14-59-50)69-35-9-10-36(69)28-67(27-35)46-24-44(63-64-54(46)58)41-7-5-6-8-48(41)71/h5-8,11,14,19,23-26,30-32,35-40,47,52,70-71H,9-10,12-13,15-18,20-22,27-29H2,1-4H3,(H2,58,64)(H,62,72)/t32-,35?,36?,37+,39?,40?,47-,52-/m0/s1. The Bertz CT molecular complexity index is 3080. The summed E-state index contributed by atoms with van der Waals surface area (Å²) >= 11 is 1.37.